The number of nitrogens with zero attached hydrogens (tertiary/aromatic N) is 1. The molecule has 0 saturated heterocycles. The van der Waals surface area contributed by atoms with E-state index in [0.29, 0.717) is 36.7 Å². The lowest BCUT2D eigenvalue weighted by Gasteiger charge is -2.37. The number of nitrogens with one attached hydrogen (secondary N) is 1. The molecular formula is C22H24F2N2O5. The maximum absolute atomic E-state index is 14.0. The zero-order chi connectivity index (χ0) is 22.5. The van der Waals surface area contributed by atoms with Gasteiger partial charge in [-0.2, -0.15) is 0 Å². The summed E-state index contributed by atoms with van der Waals surface area (Å²) in [5, 5.41) is 11.8. The third-order valence-corrected chi connectivity index (χ3v) is 4.96. The molecule has 1 atom stereocenters. The van der Waals surface area contributed by atoms with Crippen molar-refractivity contribution < 1.29 is 33.0 Å². The van der Waals surface area contributed by atoms with E-state index in [0.717, 1.165) is 23.8 Å². The van der Waals surface area contributed by atoms with E-state index in [1.165, 1.54) is 4.90 Å². The third-order valence-electron chi connectivity index (χ3n) is 4.96. The van der Waals surface area contributed by atoms with Crippen LogP contribution in [0.3, 0.4) is 0 Å². The number of urea groups is 1. The molecule has 7 nitrogen and oxygen atoms in total. The molecular weight excluding hydrogens is 410 g/mol. The molecule has 0 saturated carbocycles. The van der Waals surface area contributed by atoms with E-state index in [-0.39, 0.29) is 18.7 Å². The Morgan fingerprint density at radius 1 is 1.13 bits per heavy atom. The number of anilines is 1. The van der Waals surface area contributed by atoms with Gasteiger partial charge < -0.3 is 24.8 Å². The second-order valence-corrected chi connectivity index (χ2v) is 6.98. The average Bonchev–Trinajstić information content (AvgIpc) is 2.71. The highest BCUT2D eigenvalue weighted by atomic mass is 19.1. The Morgan fingerprint density at radius 3 is 2.45 bits per heavy atom. The number of aliphatic carboxylic acids is 1. The van der Waals surface area contributed by atoms with Gasteiger partial charge in [0.25, 0.3) is 0 Å². The molecule has 0 aliphatic carbocycles. The van der Waals surface area contributed by atoms with Crippen LogP contribution in [0.15, 0.2) is 30.3 Å². The van der Waals surface area contributed by atoms with Crippen molar-refractivity contribution in [1.82, 2.24) is 4.90 Å². The van der Waals surface area contributed by atoms with Crippen molar-refractivity contribution in [3.8, 4) is 11.5 Å². The first-order valence-corrected chi connectivity index (χ1v) is 10.0. The molecule has 0 aromatic heterocycles. The lowest BCUT2D eigenvalue weighted by molar-refractivity contribution is -0.138. The standard InChI is InChI=1S/C22H24F2N2O5/c1-3-30-19-9-13-7-8-26(22(29)25-17-10-14(23)5-6-16(17)24)18(12-21(27)28)15(13)11-20(19)31-4-2/h5-6,9-11,18H,3-4,7-8,12H2,1-2H3,(H,25,29)(H,27,28). The smallest absolute Gasteiger partial charge is 0.322 e. The summed E-state index contributed by atoms with van der Waals surface area (Å²) < 4.78 is 38.7. The van der Waals surface area contributed by atoms with Gasteiger partial charge in [0.15, 0.2) is 11.5 Å². The fourth-order valence-corrected chi connectivity index (χ4v) is 3.65. The molecule has 0 fully saturated rings. The molecule has 31 heavy (non-hydrogen) atoms. The summed E-state index contributed by atoms with van der Waals surface area (Å²) in [6.07, 6.45) is 0.0859. The normalized spacial score (nSPS) is 15.2. The number of rotatable bonds is 7. The highest BCUT2D eigenvalue weighted by molar-refractivity contribution is 5.90. The second kappa shape index (κ2) is 9.63. The van der Waals surface area contributed by atoms with Crippen LogP contribution < -0.4 is 14.8 Å². The second-order valence-electron chi connectivity index (χ2n) is 6.98. The maximum Gasteiger partial charge on any atom is 0.322 e. The number of hydrogen-bond acceptors (Lipinski definition) is 4. The lowest BCUT2D eigenvalue weighted by Crippen LogP contribution is -2.43. The van der Waals surface area contributed by atoms with Gasteiger partial charge in [-0.3, -0.25) is 4.79 Å². The van der Waals surface area contributed by atoms with Crippen molar-refractivity contribution in [2.24, 2.45) is 0 Å². The van der Waals surface area contributed by atoms with Crippen molar-refractivity contribution in [3.05, 3.63) is 53.1 Å². The summed E-state index contributed by atoms with van der Waals surface area (Å²) in [6.45, 7) is 4.68. The van der Waals surface area contributed by atoms with Crippen LogP contribution in [0.2, 0.25) is 0 Å². The minimum atomic E-state index is -1.10. The van der Waals surface area contributed by atoms with Crippen LogP contribution in [0, 0.1) is 11.6 Å². The van der Waals surface area contributed by atoms with Crippen LogP contribution in [0.4, 0.5) is 19.3 Å². The monoisotopic (exact) mass is 434 g/mol. The zero-order valence-corrected chi connectivity index (χ0v) is 17.3. The van der Waals surface area contributed by atoms with E-state index in [1.54, 1.807) is 12.1 Å². The molecule has 166 valence electrons. The summed E-state index contributed by atoms with van der Waals surface area (Å²) in [6, 6.07) is 4.70. The summed E-state index contributed by atoms with van der Waals surface area (Å²) in [4.78, 5) is 25.8. The zero-order valence-electron chi connectivity index (χ0n) is 17.3. The van der Waals surface area contributed by atoms with E-state index in [1.807, 2.05) is 13.8 Å². The van der Waals surface area contributed by atoms with E-state index < -0.39 is 29.7 Å². The Morgan fingerprint density at radius 2 is 1.81 bits per heavy atom. The molecule has 2 N–H and O–H groups in total. The fourth-order valence-electron chi connectivity index (χ4n) is 3.65. The first-order valence-electron chi connectivity index (χ1n) is 10.0. The molecule has 1 unspecified atom stereocenters. The summed E-state index contributed by atoms with van der Waals surface area (Å²) in [5.41, 5.74) is 1.15. The van der Waals surface area contributed by atoms with Crippen molar-refractivity contribution >= 4 is 17.7 Å². The van der Waals surface area contributed by atoms with Crippen molar-refractivity contribution in [2.45, 2.75) is 32.7 Å². The maximum atomic E-state index is 14.0. The lowest BCUT2D eigenvalue weighted by atomic mass is 9.90. The molecule has 1 heterocycles. The number of hydrogen-bond donors (Lipinski definition) is 2. The largest absolute Gasteiger partial charge is 0.490 e. The van der Waals surface area contributed by atoms with E-state index in [9.17, 15) is 23.5 Å². The summed E-state index contributed by atoms with van der Waals surface area (Å²) in [7, 11) is 0. The number of amides is 2. The molecule has 1 aliphatic rings. The Balaban J connectivity index is 1.96. The number of carbonyl (C=O) groups is 2. The van der Waals surface area contributed by atoms with Crippen LogP contribution in [-0.2, 0) is 11.2 Å². The molecule has 2 amide bonds. The SMILES string of the molecule is CCOc1cc2c(cc1OCC)C(CC(=O)O)N(C(=O)Nc1cc(F)ccc1F)CC2. The number of halogens is 2. The predicted octanol–water partition coefficient (Wildman–Crippen LogP) is 4.37. The highest BCUT2D eigenvalue weighted by Gasteiger charge is 2.34. The van der Waals surface area contributed by atoms with E-state index >= 15 is 0 Å². The Bertz CT molecular complexity index is 983. The van der Waals surface area contributed by atoms with Crippen LogP contribution in [0.1, 0.15) is 37.4 Å². The van der Waals surface area contributed by atoms with Gasteiger partial charge in [-0.05, 0) is 55.7 Å². The highest BCUT2D eigenvalue weighted by Crippen LogP contribution is 2.40. The molecule has 3 rings (SSSR count). The van der Waals surface area contributed by atoms with Gasteiger partial charge in [0.1, 0.15) is 11.6 Å². The van der Waals surface area contributed by atoms with Crippen LogP contribution >= 0.6 is 0 Å². The van der Waals surface area contributed by atoms with E-state index in [4.69, 9.17) is 9.47 Å². The predicted molar refractivity (Wildman–Crippen MR) is 110 cm³/mol. The minimum absolute atomic E-state index is 0.202. The molecule has 2 aromatic rings. The first-order chi connectivity index (χ1) is 14.8. The fraction of sp³-hybridized carbons (Fsp3) is 0.364. The minimum Gasteiger partial charge on any atom is -0.490 e. The Kier molecular flexibility index (Phi) is 6.94. The van der Waals surface area contributed by atoms with E-state index in [2.05, 4.69) is 5.32 Å². The third kappa shape index (κ3) is 5.04. The van der Waals surface area contributed by atoms with Gasteiger partial charge in [0.2, 0.25) is 0 Å². The number of carbonyl (C=O) groups excluding carboxylic acids is 1. The van der Waals surface area contributed by atoms with Gasteiger partial charge in [-0.1, -0.05) is 0 Å². The summed E-state index contributed by atoms with van der Waals surface area (Å²) in [5.74, 6) is -1.58. The number of benzene rings is 2. The number of fused-ring (bicyclic) bond motifs is 1. The number of ether oxygens (including phenoxy) is 2. The Labute approximate surface area is 178 Å². The molecule has 0 bridgehead atoms. The summed E-state index contributed by atoms with van der Waals surface area (Å²) >= 11 is 0. The van der Waals surface area contributed by atoms with Crippen LogP contribution in [0.5, 0.6) is 11.5 Å². The average molecular weight is 434 g/mol. The van der Waals surface area contributed by atoms with Gasteiger partial charge >= 0.3 is 12.0 Å². The van der Waals surface area contributed by atoms with Gasteiger partial charge in [0, 0.05) is 12.6 Å². The number of carboxylic acids is 1. The molecule has 9 heteroatoms. The van der Waals surface area contributed by atoms with Crippen molar-refractivity contribution in [2.75, 3.05) is 25.1 Å². The van der Waals surface area contributed by atoms with Crippen LogP contribution in [-0.4, -0.2) is 41.8 Å². The van der Waals surface area contributed by atoms with Crippen LogP contribution in [0.25, 0.3) is 0 Å². The first kappa shape index (κ1) is 22.3. The molecule has 2 aromatic carbocycles. The van der Waals surface area contributed by atoms with Gasteiger partial charge in [-0.15, -0.1) is 0 Å². The van der Waals surface area contributed by atoms with Crippen molar-refractivity contribution in [1.29, 1.82) is 0 Å². The molecule has 0 radical (unpaired) electrons. The van der Waals surface area contributed by atoms with Gasteiger partial charge in [0.05, 0.1) is 31.4 Å². The molecule has 1 aliphatic heterocycles. The van der Waals surface area contributed by atoms with Gasteiger partial charge in [-0.25, -0.2) is 13.6 Å². The Hall–Kier alpha value is -3.36. The topological polar surface area (TPSA) is 88.1 Å². The quantitative estimate of drug-likeness (QED) is 0.676. The number of carboxylic acid groups (broad SMARTS) is 1. The van der Waals surface area contributed by atoms with Crippen molar-refractivity contribution in [3.63, 3.8) is 0 Å². The molecule has 0 spiro atoms.